The van der Waals surface area contributed by atoms with Gasteiger partial charge in [-0.1, -0.05) is 12.7 Å². The molecule has 1 nitrogen and oxygen atoms in total. The van der Waals surface area contributed by atoms with Crippen LogP contribution in [0.15, 0.2) is 16.7 Å². The first-order chi connectivity index (χ1) is 2.89. The first-order valence-electron chi connectivity index (χ1n) is 1.81. The summed E-state index contributed by atoms with van der Waals surface area (Å²) in [7, 11) is 0. The predicted octanol–water partition coefficient (Wildman–Crippen LogP) is 1.39. The fourth-order valence-corrected chi connectivity index (χ4v) is 0.312. The summed E-state index contributed by atoms with van der Waals surface area (Å²) in [6.07, 6.45) is 1.54. The molecular formula is C5H5ORe-. The average Bonchev–Trinajstić information content (AvgIpc) is 1.86. The fourth-order valence-electron chi connectivity index (χ4n) is 0.312. The molecule has 1 rings (SSSR count). The van der Waals surface area contributed by atoms with E-state index in [-0.39, 0.29) is 20.4 Å². The van der Waals surface area contributed by atoms with Crippen LogP contribution in [0.5, 0.6) is 0 Å². The van der Waals surface area contributed by atoms with Crippen LogP contribution in [0.1, 0.15) is 5.76 Å². The molecule has 39 valence electrons. The van der Waals surface area contributed by atoms with Gasteiger partial charge in [-0.2, -0.15) is 6.07 Å². The van der Waals surface area contributed by atoms with Crippen molar-refractivity contribution in [1.29, 1.82) is 0 Å². The van der Waals surface area contributed by atoms with Gasteiger partial charge in [-0.3, -0.25) is 0 Å². The summed E-state index contributed by atoms with van der Waals surface area (Å²) in [4.78, 5) is 0. The molecule has 0 bridgehead atoms. The van der Waals surface area contributed by atoms with Crippen molar-refractivity contribution in [2.75, 3.05) is 0 Å². The van der Waals surface area contributed by atoms with Crippen molar-refractivity contribution in [1.82, 2.24) is 0 Å². The zero-order valence-electron chi connectivity index (χ0n) is 3.94. The van der Waals surface area contributed by atoms with Crippen molar-refractivity contribution in [2.24, 2.45) is 0 Å². The molecule has 0 atom stereocenters. The van der Waals surface area contributed by atoms with Crippen molar-refractivity contribution in [3.63, 3.8) is 0 Å². The Morgan fingerprint density at radius 3 is 2.57 bits per heavy atom. The molecule has 2 heteroatoms. The minimum absolute atomic E-state index is 0. The molecule has 7 heavy (non-hydrogen) atoms. The largest absolute Gasteiger partial charge is 0.574 e. The van der Waals surface area contributed by atoms with E-state index in [9.17, 15) is 0 Å². The predicted molar refractivity (Wildman–Crippen MR) is 22.3 cm³/mol. The summed E-state index contributed by atoms with van der Waals surface area (Å²) in [5, 5.41) is 0. The Balaban J connectivity index is 0.000000360. The number of hydrogen-bond donors (Lipinski definition) is 0. The SMILES string of the molecule is Cc1c[c-]co1.[Re]. The third-order valence-electron chi connectivity index (χ3n) is 0.599. The average molecular weight is 267 g/mol. The van der Waals surface area contributed by atoms with E-state index in [1.807, 2.05) is 6.92 Å². The second-order valence-corrected chi connectivity index (χ2v) is 1.16. The normalized spacial score (nSPS) is 7.57. The Kier molecular flexibility index (Phi) is 2.99. The molecule has 0 aliphatic carbocycles. The van der Waals surface area contributed by atoms with Crippen LogP contribution in [0.4, 0.5) is 0 Å². The molecule has 0 aliphatic rings. The standard InChI is InChI=1S/C5H5O.Re/c1-5-3-2-4-6-5;/h3-4H,1H3;/q-1;. The second kappa shape index (κ2) is 3.01. The van der Waals surface area contributed by atoms with E-state index in [0.29, 0.717) is 0 Å². The molecule has 0 N–H and O–H groups in total. The van der Waals surface area contributed by atoms with Crippen LogP contribution in [0.2, 0.25) is 0 Å². The zero-order valence-corrected chi connectivity index (χ0v) is 6.66. The third-order valence-corrected chi connectivity index (χ3v) is 0.599. The molecule has 0 saturated carbocycles. The molecule has 0 amide bonds. The number of hydrogen-bond acceptors (Lipinski definition) is 1. The summed E-state index contributed by atoms with van der Waals surface area (Å²) in [6, 6.07) is 4.55. The van der Waals surface area contributed by atoms with Gasteiger partial charge in [0.25, 0.3) is 0 Å². The van der Waals surface area contributed by atoms with Crippen LogP contribution in [0.25, 0.3) is 0 Å². The molecule has 0 aromatic carbocycles. The van der Waals surface area contributed by atoms with Gasteiger partial charge in [-0.05, 0) is 6.26 Å². The zero-order chi connectivity index (χ0) is 4.41. The van der Waals surface area contributed by atoms with E-state index in [4.69, 9.17) is 4.42 Å². The topological polar surface area (TPSA) is 13.1 Å². The van der Waals surface area contributed by atoms with E-state index in [2.05, 4.69) is 6.07 Å². The molecule has 1 radical (unpaired) electrons. The number of rotatable bonds is 0. The molecule has 1 aromatic rings. The van der Waals surface area contributed by atoms with Crippen molar-refractivity contribution >= 4 is 0 Å². The fraction of sp³-hybridized carbons (Fsp3) is 0.200. The maximum absolute atomic E-state index is 4.78. The van der Waals surface area contributed by atoms with Gasteiger partial charge in [0.2, 0.25) is 0 Å². The van der Waals surface area contributed by atoms with Gasteiger partial charge in [-0.15, -0.1) is 0 Å². The van der Waals surface area contributed by atoms with E-state index < -0.39 is 0 Å². The summed E-state index contributed by atoms with van der Waals surface area (Å²) >= 11 is 0. The van der Waals surface area contributed by atoms with Gasteiger partial charge in [-0.25, -0.2) is 6.07 Å². The molecule has 1 heterocycles. The molecular weight excluding hydrogens is 262 g/mol. The minimum Gasteiger partial charge on any atom is -0.574 e. The smallest absolute Gasteiger partial charge is 0 e. The molecule has 0 unspecified atom stereocenters. The Bertz CT molecular complexity index is 112. The summed E-state index contributed by atoms with van der Waals surface area (Å²) in [5.74, 6) is 0.912. The maximum atomic E-state index is 4.78. The van der Waals surface area contributed by atoms with E-state index >= 15 is 0 Å². The molecule has 0 aliphatic heterocycles. The Morgan fingerprint density at radius 2 is 2.43 bits per heavy atom. The van der Waals surface area contributed by atoms with Crippen LogP contribution in [-0.4, -0.2) is 0 Å². The van der Waals surface area contributed by atoms with E-state index in [1.54, 1.807) is 6.07 Å². The van der Waals surface area contributed by atoms with Crippen molar-refractivity contribution in [3.05, 3.63) is 24.2 Å². The first-order valence-corrected chi connectivity index (χ1v) is 1.81. The second-order valence-electron chi connectivity index (χ2n) is 1.16. The monoisotopic (exact) mass is 268 g/mol. The summed E-state index contributed by atoms with van der Waals surface area (Å²) < 4.78 is 4.78. The molecule has 0 saturated heterocycles. The van der Waals surface area contributed by atoms with Gasteiger partial charge >= 0.3 is 0 Å². The van der Waals surface area contributed by atoms with Crippen LogP contribution < -0.4 is 0 Å². The van der Waals surface area contributed by atoms with Gasteiger partial charge < -0.3 is 4.42 Å². The number of furan rings is 1. The van der Waals surface area contributed by atoms with Crippen LogP contribution in [0, 0.1) is 13.0 Å². The van der Waals surface area contributed by atoms with Crippen molar-refractivity contribution in [2.45, 2.75) is 6.92 Å². The maximum Gasteiger partial charge on any atom is 0 e. The summed E-state index contributed by atoms with van der Waals surface area (Å²) in [6.45, 7) is 1.89. The van der Waals surface area contributed by atoms with Gasteiger partial charge in [0.1, 0.15) is 0 Å². The minimum atomic E-state index is 0. The van der Waals surface area contributed by atoms with Gasteiger partial charge in [0, 0.05) is 20.4 Å². The molecule has 1 aromatic heterocycles. The van der Waals surface area contributed by atoms with Crippen LogP contribution in [-0.2, 0) is 20.4 Å². The Morgan fingerprint density at radius 1 is 1.71 bits per heavy atom. The number of aryl methyl sites for hydroxylation is 1. The third kappa shape index (κ3) is 1.92. The van der Waals surface area contributed by atoms with E-state index in [1.165, 1.54) is 6.26 Å². The Labute approximate surface area is 56.4 Å². The quantitative estimate of drug-likeness (QED) is 0.647. The van der Waals surface area contributed by atoms with Crippen molar-refractivity contribution in [3.8, 4) is 0 Å². The summed E-state index contributed by atoms with van der Waals surface area (Å²) in [5.41, 5.74) is 0. The van der Waals surface area contributed by atoms with Crippen molar-refractivity contribution < 1.29 is 24.8 Å². The van der Waals surface area contributed by atoms with Gasteiger partial charge in [0.15, 0.2) is 0 Å². The van der Waals surface area contributed by atoms with Gasteiger partial charge in [0.05, 0.1) is 0 Å². The first kappa shape index (κ1) is 6.94. The van der Waals surface area contributed by atoms with Crippen LogP contribution in [0.3, 0.4) is 0 Å². The Hall–Kier alpha value is -0.0577. The molecule has 0 fully saturated rings. The van der Waals surface area contributed by atoms with E-state index in [0.717, 1.165) is 5.76 Å². The van der Waals surface area contributed by atoms with Crippen LogP contribution >= 0.6 is 0 Å². The molecule has 0 spiro atoms.